The molecule has 0 fully saturated rings. The molecule has 0 amide bonds. The van der Waals surface area contributed by atoms with Gasteiger partial charge in [0.25, 0.3) is 0 Å². The van der Waals surface area contributed by atoms with Crippen molar-refractivity contribution in [2.45, 2.75) is 81.0 Å². The normalized spacial score (nSPS) is 15.4. The number of alkyl halides is 16. The van der Waals surface area contributed by atoms with Gasteiger partial charge in [-0.25, -0.2) is 0 Å². The van der Waals surface area contributed by atoms with Crippen LogP contribution in [0.15, 0.2) is 12.1 Å². The van der Waals surface area contributed by atoms with Gasteiger partial charge in [0.15, 0.2) is 0 Å². The van der Waals surface area contributed by atoms with E-state index in [4.69, 9.17) is 5.73 Å². The Kier molecular flexibility index (Phi) is 7.75. The zero-order valence-corrected chi connectivity index (χ0v) is 18.2. The first-order chi connectivity index (χ1) is 15.5. The highest BCUT2D eigenvalue weighted by Crippen LogP contribution is 2.64. The average molecular weight is 563 g/mol. The molecule has 0 unspecified atom stereocenters. The van der Waals surface area contributed by atoms with Crippen molar-refractivity contribution in [3.8, 4) is 0 Å². The van der Waals surface area contributed by atoms with Crippen LogP contribution >= 0.6 is 0 Å². The fourth-order valence-electron chi connectivity index (χ4n) is 2.96. The van der Waals surface area contributed by atoms with Crippen LogP contribution in [-0.4, -0.2) is 47.4 Å². The summed E-state index contributed by atoms with van der Waals surface area (Å²) in [6.45, 7) is 1.44. The molecule has 0 spiro atoms. The molecular weight excluding hydrogens is 546 g/mol. The van der Waals surface area contributed by atoms with E-state index in [0.29, 0.717) is 0 Å². The lowest BCUT2D eigenvalue weighted by atomic mass is 9.86. The van der Waals surface area contributed by atoms with Crippen molar-refractivity contribution >= 4 is 5.69 Å². The molecule has 1 rings (SSSR count). The summed E-state index contributed by atoms with van der Waals surface area (Å²) in [5.74, 6) is -60.7. The van der Waals surface area contributed by atoms with Crippen molar-refractivity contribution in [3.63, 3.8) is 0 Å². The van der Waals surface area contributed by atoms with E-state index in [-0.39, 0.29) is 22.4 Å². The van der Waals surface area contributed by atoms with E-state index >= 15 is 0 Å². The highest BCUT2D eigenvalue weighted by Gasteiger charge is 2.94. The number of nitrogen functional groups attached to an aromatic ring is 1. The Morgan fingerprint density at radius 3 is 1.19 bits per heavy atom. The van der Waals surface area contributed by atoms with Crippen LogP contribution in [0.1, 0.15) is 30.0 Å². The summed E-state index contributed by atoms with van der Waals surface area (Å²) in [5.41, 5.74) is 5.76. The molecule has 2 N–H and O–H groups in total. The second-order valence-corrected chi connectivity index (χ2v) is 8.18. The standard InChI is InChI=1S/C19H17F16N/c1-8-6-10(7-9(2)11(8)36)4-5-13(22,23)15(26,27)17(30,31)19(34,35)18(32,33)16(28,29)14(24,25)12(3,20)21/h6-7H,4-5,36H2,1-3H3. The van der Waals surface area contributed by atoms with Gasteiger partial charge in [0.1, 0.15) is 0 Å². The average Bonchev–Trinajstić information content (AvgIpc) is 2.68. The molecule has 0 saturated carbocycles. The minimum Gasteiger partial charge on any atom is -0.398 e. The number of anilines is 1. The molecule has 0 saturated heterocycles. The van der Waals surface area contributed by atoms with E-state index in [1.54, 1.807) is 0 Å². The maximum atomic E-state index is 14.0. The SMILES string of the molecule is Cc1cc(CCC(F)(F)C(F)(F)C(F)(F)C(F)(F)C(F)(F)C(F)(F)C(F)(F)C(C)(F)F)cc(C)c1N. The van der Waals surface area contributed by atoms with Crippen LogP contribution in [0.2, 0.25) is 0 Å². The van der Waals surface area contributed by atoms with Gasteiger partial charge in [-0.3, -0.25) is 0 Å². The Hall–Kier alpha value is -2.10. The zero-order valence-electron chi connectivity index (χ0n) is 18.2. The number of hydrogen-bond donors (Lipinski definition) is 1. The van der Waals surface area contributed by atoms with Gasteiger partial charge in [0, 0.05) is 19.0 Å². The van der Waals surface area contributed by atoms with Crippen molar-refractivity contribution < 1.29 is 70.2 Å². The Balaban J connectivity index is 3.48. The Bertz CT molecular complexity index is 938. The van der Waals surface area contributed by atoms with Crippen LogP contribution < -0.4 is 5.73 Å². The summed E-state index contributed by atoms with van der Waals surface area (Å²) in [6.07, 6.45) is -3.72. The van der Waals surface area contributed by atoms with E-state index in [0.717, 1.165) is 12.1 Å². The maximum absolute atomic E-state index is 14.0. The molecule has 0 bridgehead atoms. The third kappa shape index (κ3) is 4.43. The second-order valence-electron chi connectivity index (χ2n) is 8.18. The first-order valence-electron chi connectivity index (χ1n) is 9.42. The Labute approximate surface area is 192 Å². The largest absolute Gasteiger partial charge is 0.398 e. The quantitative estimate of drug-likeness (QED) is 0.227. The number of hydrogen-bond acceptors (Lipinski definition) is 1. The van der Waals surface area contributed by atoms with E-state index in [9.17, 15) is 70.2 Å². The molecule has 0 aliphatic carbocycles. The molecule has 1 aromatic carbocycles. The molecule has 17 heteroatoms. The number of halogens is 16. The number of nitrogens with two attached hydrogens (primary N) is 1. The van der Waals surface area contributed by atoms with Crippen LogP contribution in [-0.2, 0) is 6.42 Å². The smallest absolute Gasteiger partial charge is 0.384 e. The van der Waals surface area contributed by atoms with Gasteiger partial charge in [-0.2, -0.15) is 70.2 Å². The van der Waals surface area contributed by atoms with E-state index in [1.165, 1.54) is 13.8 Å². The number of benzene rings is 1. The minimum absolute atomic E-state index is 0.111. The van der Waals surface area contributed by atoms with Crippen LogP contribution in [0.25, 0.3) is 0 Å². The molecule has 210 valence electrons. The Morgan fingerprint density at radius 2 is 0.861 bits per heavy atom. The first kappa shape index (κ1) is 31.9. The van der Waals surface area contributed by atoms with Gasteiger partial charge < -0.3 is 5.73 Å². The number of rotatable bonds is 10. The Morgan fingerprint density at radius 1 is 0.556 bits per heavy atom. The maximum Gasteiger partial charge on any atom is 0.384 e. The fraction of sp³-hybridized carbons (Fsp3) is 0.684. The van der Waals surface area contributed by atoms with Crippen molar-refractivity contribution in [2.24, 2.45) is 0 Å². The molecule has 1 nitrogen and oxygen atoms in total. The van der Waals surface area contributed by atoms with Crippen LogP contribution in [0.5, 0.6) is 0 Å². The topological polar surface area (TPSA) is 26.0 Å². The van der Waals surface area contributed by atoms with Gasteiger partial charge in [-0.1, -0.05) is 12.1 Å². The lowest BCUT2D eigenvalue weighted by Crippen LogP contribution is -2.74. The van der Waals surface area contributed by atoms with Gasteiger partial charge in [-0.05, 0) is 37.0 Å². The van der Waals surface area contributed by atoms with E-state index in [2.05, 4.69) is 0 Å². The zero-order chi connectivity index (χ0) is 29.1. The summed E-state index contributed by atoms with van der Waals surface area (Å²) < 4.78 is 217. The second kappa shape index (κ2) is 8.74. The van der Waals surface area contributed by atoms with Crippen LogP contribution in [0.3, 0.4) is 0 Å². The monoisotopic (exact) mass is 563 g/mol. The fourth-order valence-corrected chi connectivity index (χ4v) is 2.96. The molecule has 36 heavy (non-hydrogen) atoms. The lowest BCUT2D eigenvalue weighted by molar-refractivity contribution is -0.452. The highest BCUT2D eigenvalue weighted by molar-refractivity contribution is 5.54. The summed E-state index contributed by atoms with van der Waals surface area (Å²) in [7, 11) is 0. The highest BCUT2D eigenvalue weighted by atomic mass is 19.4. The van der Waals surface area contributed by atoms with Gasteiger partial charge in [-0.15, -0.1) is 0 Å². The molecule has 0 aliphatic heterocycles. The van der Waals surface area contributed by atoms with Gasteiger partial charge >= 0.3 is 47.4 Å². The third-order valence-corrected chi connectivity index (χ3v) is 5.36. The van der Waals surface area contributed by atoms with Gasteiger partial charge in [0.2, 0.25) is 0 Å². The molecule has 1 aromatic rings. The third-order valence-electron chi connectivity index (χ3n) is 5.36. The van der Waals surface area contributed by atoms with E-state index in [1.807, 2.05) is 0 Å². The first-order valence-corrected chi connectivity index (χ1v) is 9.42. The van der Waals surface area contributed by atoms with Crippen LogP contribution in [0.4, 0.5) is 75.9 Å². The summed E-state index contributed by atoms with van der Waals surface area (Å²) >= 11 is 0. The lowest BCUT2D eigenvalue weighted by Gasteiger charge is -2.43. The predicted octanol–water partition coefficient (Wildman–Crippen LogP) is 7.92. The minimum atomic E-state index is -8.39. The van der Waals surface area contributed by atoms with Gasteiger partial charge in [0.05, 0.1) is 0 Å². The van der Waals surface area contributed by atoms with Crippen molar-refractivity contribution in [1.82, 2.24) is 0 Å². The summed E-state index contributed by atoms with van der Waals surface area (Å²) in [6, 6.07) is 2.01. The van der Waals surface area contributed by atoms with Crippen molar-refractivity contribution in [3.05, 3.63) is 28.8 Å². The van der Waals surface area contributed by atoms with Crippen molar-refractivity contribution in [1.29, 1.82) is 0 Å². The summed E-state index contributed by atoms with van der Waals surface area (Å²) in [4.78, 5) is 0. The molecule has 0 aliphatic rings. The number of aryl methyl sites for hydroxylation is 3. The molecule has 0 radical (unpaired) electrons. The molecule has 0 heterocycles. The van der Waals surface area contributed by atoms with Crippen molar-refractivity contribution in [2.75, 3.05) is 5.73 Å². The molecule has 0 atom stereocenters. The predicted molar refractivity (Wildman–Crippen MR) is 93.9 cm³/mol. The molecular formula is C19H17F16N. The molecule has 0 aromatic heterocycles. The van der Waals surface area contributed by atoms with Crippen LogP contribution in [0, 0.1) is 13.8 Å². The van der Waals surface area contributed by atoms with E-state index < -0.39 is 67.1 Å². The summed E-state index contributed by atoms with van der Waals surface area (Å²) in [5, 5.41) is 0.